The van der Waals surface area contributed by atoms with E-state index in [1.807, 2.05) is 0 Å². The molecule has 4 N–H and O–H groups in total. The van der Waals surface area contributed by atoms with Crippen molar-refractivity contribution in [3.63, 3.8) is 0 Å². The first kappa shape index (κ1) is 8.97. The second-order valence-electron chi connectivity index (χ2n) is 3.51. The van der Waals surface area contributed by atoms with Crippen molar-refractivity contribution >= 4 is 0 Å². The SMILES string of the molecule is CCC1(N)COCC1(N)CC. The maximum absolute atomic E-state index is 6.10. The van der Waals surface area contributed by atoms with Gasteiger partial charge in [0.25, 0.3) is 0 Å². The first-order valence-electron chi connectivity index (χ1n) is 4.23. The summed E-state index contributed by atoms with van der Waals surface area (Å²) in [6.45, 7) is 5.33. The van der Waals surface area contributed by atoms with Gasteiger partial charge in [-0.1, -0.05) is 13.8 Å². The molecule has 11 heavy (non-hydrogen) atoms. The van der Waals surface area contributed by atoms with Gasteiger partial charge in [-0.05, 0) is 12.8 Å². The van der Waals surface area contributed by atoms with Gasteiger partial charge in [0.1, 0.15) is 0 Å². The van der Waals surface area contributed by atoms with Crippen molar-refractivity contribution in [1.82, 2.24) is 0 Å². The van der Waals surface area contributed by atoms with Crippen LogP contribution in [-0.2, 0) is 4.74 Å². The molecule has 0 radical (unpaired) electrons. The van der Waals surface area contributed by atoms with E-state index in [1.54, 1.807) is 0 Å². The van der Waals surface area contributed by atoms with Crippen LogP contribution in [-0.4, -0.2) is 24.3 Å². The van der Waals surface area contributed by atoms with Crippen LogP contribution in [0.2, 0.25) is 0 Å². The summed E-state index contributed by atoms with van der Waals surface area (Å²) in [6.07, 6.45) is 1.77. The van der Waals surface area contributed by atoms with Crippen molar-refractivity contribution in [2.75, 3.05) is 13.2 Å². The largest absolute Gasteiger partial charge is 0.377 e. The van der Waals surface area contributed by atoms with Crippen LogP contribution < -0.4 is 11.5 Å². The summed E-state index contributed by atoms with van der Waals surface area (Å²) in [5.74, 6) is 0. The first-order valence-corrected chi connectivity index (χ1v) is 4.23. The minimum atomic E-state index is -0.304. The Balaban J connectivity index is 2.79. The molecule has 0 spiro atoms. The molecule has 0 saturated carbocycles. The van der Waals surface area contributed by atoms with E-state index in [4.69, 9.17) is 16.2 Å². The molecule has 1 saturated heterocycles. The van der Waals surface area contributed by atoms with Crippen LogP contribution in [0.3, 0.4) is 0 Å². The zero-order chi connectivity index (χ0) is 8.54. The summed E-state index contributed by atoms with van der Waals surface area (Å²) in [4.78, 5) is 0. The minimum Gasteiger partial charge on any atom is -0.377 e. The molecule has 1 heterocycles. The van der Waals surface area contributed by atoms with Gasteiger partial charge in [-0.25, -0.2) is 0 Å². The molecule has 0 aromatic heterocycles. The Bertz CT molecular complexity index is 135. The second-order valence-corrected chi connectivity index (χ2v) is 3.51. The van der Waals surface area contributed by atoms with Crippen LogP contribution in [0.1, 0.15) is 26.7 Å². The van der Waals surface area contributed by atoms with E-state index < -0.39 is 0 Å². The Hall–Kier alpha value is -0.120. The lowest BCUT2D eigenvalue weighted by Crippen LogP contribution is -2.64. The third-order valence-electron chi connectivity index (χ3n) is 2.97. The molecular weight excluding hydrogens is 140 g/mol. The summed E-state index contributed by atoms with van der Waals surface area (Å²) in [5.41, 5.74) is 11.6. The van der Waals surface area contributed by atoms with Crippen molar-refractivity contribution in [3.8, 4) is 0 Å². The Morgan fingerprint density at radius 2 is 1.45 bits per heavy atom. The van der Waals surface area contributed by atoms with E-state index in [2.05, 4.69) is 13.8 Å². The highest BCUT2D eigenvalue weighted by molar-refractivity contribution is 5.09. The summed E-state index contributed by atoms with van der Waals surface area (Å²) in [7, 11) is 0. The second kappa shape index (κ2) is 2.73. The number of nitrogens with two attached hydrogens (primary N) is 2. The molecule has 2 unspecified atom stereocenters. The van der Waals surface area contributed by atoms with Crippen molar-refractivity contribution < 1.29 is 4.74 Å². The van der Waals surface area contributed by atoms with Crippen LogP contribution in [0.5, 0.6) is 0 Å². The average molecular weight is 158 g/mol. The molecule has 3 nitrogen and oxygen atoms in total. The predicted octanol–water partition coefficient (Wildman–Crippen LogP) is 0.232. The van der Waals surface area contributed by atoms with Gasteiger partial charge in [0.05, 0.1) is 24.3 Å². The van der Waals surface area contributed by atoms with Crippen LogP contribution in [0.25, 0.3) is 0 Å². The number of ether oxygens (including phenoxy) is 1. The molecule has 0 aliphatic carbocycles. The zero-order valence-corrected chi connectivity index (χ0v) is 7.39. The Labute approximate surface area is 68.1 Å². The molecule has 1 aliphatic rings. The van der Waals surface area contributed by atoms with E-state index in [-0.39, 0.29) is 11.1 Å². The van der Waals surface area contributed by atoms with Crippen LogP contribution in [0, 0.1) is 0 Å². The average Bonchev–Trinajstić information content (AvgIpc) is 2.31. The van der Waals surface area contributed by atoms with Gasteiger partial charge in [-0.15, -0.1) is 0 Å². The van der Waals surface area contributed by atoms with E-state index in [0.717, 1.165) is 12.8 Å². The lowest BCUT2D eigenvalue weighted by Gasteiger charge is -2.37. The van der Waals surface area contributed by atoms with Gasteiger partial charge in [-0.2, -0.15) is 0 Å². The lowest BCUT2D eigenvalue weighted by molar-refractivity contribution is 0.172. The fourth-order valence-corrected chi connectivity index (χ4v) is 1.61. The zero-order valence-electron chi connectivity index (χ0n) is 7.39. The van der Waals surface area contributed by atoms with Gasteiger partial charge >= 0.3 is 0 Å². The summed E-state index contributed by atoms with van der Waals surface area (Å²) < 4.78 is 5.31. The van der Waals surface area contributed by atoms with E-state index in [1.165, 1.54) is 0 Å². The van der Waals surface area contributed by atoms with Crippen molar-refractivity contribution in [2.45, 2.75) is 37.8 Å². The number of rotatable bonds is 2. The summed E-state index contributed by atoms with van der Waals surface area (Å²) in [5, 5.41) is 0. The predicted molar refractivity (Wildman–Crippen MR) is 45.2 cm³/mol. The van der Waals surface area contributed by atoms with Gasteiger partial charge < -0.3 is 16.2 Å². The molecule has 0 aromatic carbocycles. The van der Waals surface area contributed by atoms with E-state index in [9.17, 15) is 0 Å². The van der Waals surface area contributed by atoms with Crippen molar-refractivity contribution in [3.05, 3.63) is 0 Å². The quantitative estimate of drug-likeness (QED) is 0.605. The first-order chi connectivity index (χ1) is 5.08. The normalized spacial score (nSPS) is 44.7. The smallest absolute Gasteiger partial charge is 0.0665 e. The van der Waals surface area contributed by atoms with Crippen molar-refractivity contribution in [1.29, 1.82) is 0 Å². The molecule has 1 rings (SSSR count). The molecule has 3 heteroatoms. The standard InChI is InChI=1S/C8H18N2O/c1-3-7(9)5-11-6-8(7,10)4-2/h3-6,9-10H2,1-2H3. The molecule has 0 bridgehead atoms. The third kappa shape index (κ3) is 1.17. The van der Waals surface area contributed by atoms with E-state index in [0.29, 0.717) is 13.2 Å². The minimum absolute atomic E-state index is 0.304. The number of hydrogen-bond donors (Lipinski definition) is 2. The summed E-state index contributed by atoms with van der Waals surface area (Å²) in [6, 6.07) is 0. The Kier molecular flexibility index (Phi) is 2.23. The molecule has 1 aliphatic heterocycles. The van der Waals surface area contributed by atoms with Gasteiger partial charge in [0.15, 0.2) is 0 Å². The van der Waals surface area contributed by atoms with E-state index >= 15 is 0 Å². The molecule has 1 fully saturated rings. The highest BCUT2D eigenvalue weighted by Crippen LogP contribution is 2.30. The molecule has 2 atom stereocenters. The van der Waals surface area contributed by atoms with Crippen molar-refractivity contribution in [2.24, 2.45) is 11.5 Å². The monoisotopic (exact) mass is 158 g/mol. The van der Waals surface area contributed by atoms with Crippen LogP contribution >= 0.6 is 0 Å². The third-order valence-corrected chi connectivity index (χ3v) is 2.97. The van der Waals surface area contributed by atoms with Gasteiger partial charge in [0.2, 0.25) is 0 Å². The molecular formula is C8H18N2O. The maximum atomic E-state index is 6.10. The number of hydrogen-bond acceptors (Lipinski definition) is 3. The fraction of sp³-hybridized carbons (Fsp3) is 1.00. The lowest BCUT2D eigenvalue weighted by atomic mass is 9.77. The summed E-state index contributed by atoms with van der Waals surface area (Å²) >= 11 is 0. The fourth-order valence-electron chi connectivity index (χ4n) is 1.61. The Morgan fingerprint density at radius 1 is 1.09 bits per heavy atom. The molecule has 66 valence electrons. The van der Waals surface area contributed by atoms with Gasteiger partial charge in [-0.3, -0.25) is 0 Å². The molecule has 0 aromatic rings. The van der Waals surface area contributed by atoms with Crippen LogP contribution in [0.4, 0.5) is 0 Å². The highest BCUT2D eigenvalue weighted by atomic mass is 16.5. The van der Waals surface area contributed by atoms with Crippen LogP contribution in [0.15, 0.2) is 0 Å². The maximum Gasteiger partial charge on any atom is 0.0665 e. The van der Waals surface area contributed by atoms with Gasteiger partial charge in [0, 0.05) is 0 Å². The highest BCUT2D eigenvalue weighted by Gasteiger charge is 2.48. The topological polar surface area (TPSA) is 61.3 Å². The Morgan fingerprint density at radius 3 is 1.73 bits per heavy atom. The molecule has 0 amide bonds.